The van der Waals surface area contributed by atoms with Crippen molar-refractivity contribution in [2.24, 2.45) is 0 Å². The van der Waals surface area contributed by atoms with Gasteiger partial charge in [-0.05, 0) is 48.2 Å². The van der Waals surface area contributed by atoms with Crippen LogP contribution in [0.25, 0.3) is 0 Å². The molecule has 1 saturated heterocycles. The van der Waals surface area contributed by atoms with Crippen LogP contribution < -0.4 is 4.74 Å². The zero-order valence-corrected chi connectivity index (χ0v) is 17.5. The zero-order chi connectivity index (χ0) is 24.6. The Balaban J connectivity index is 1.99. The molecule has 0 aliphatic carbocycles. The third-order valence-electron chi connectivity index (χ3n) is 5.50. The first-order valence-corrected chi connectivity index (χ1v) is 10.1. The third kappa shape index (κ3) is 5.46. The molecule has 0 unspecified atom stereocenters. The molecule has 1 fully saturated rings. The normalized spacial score (nSPS) is 29.0. The maximum Gasteiger partial charge on any atom is 0.573 e. The molecule has 1 aliphatic rings. The van der Waals surface area contributed by atoms with Crippen molar-refractivity contribution in [1.82, 2.24) is 0 Å². The van der Waals surface area contributed by atoms with E-state index in [1.807, 2.05) is 0 Å². The van der Waals surface area contributed by atoms with Gasteiger partial charge in [0.15, 0.2) is 0 Å². The predicted molar refractivity (Wildman–Crippen MR) is 107 cm³/mol. The summed E-state index contributed by atoms with van der Waals surface area (Å²) in [4.78, 5) is 0. The molecule has 0 aromatic heterocycles. The van der Waals surface area contributed by atoms with E-state index in [9.17, 15) is 43.8 Å². The molecule has 8 nitrogen and oxygen atoms in total. The molecule has 6 atom stereocenters. The van der Waals surface area contributed by atoms with E-state index in [2.05, 4.69) is 4.74 Å². The molecule has 33 heavy (non-hydrogen) atoms. The van der Waals surface area contributed by atoms with Gasteiger partial charge in [0, 0.05) is 5.56 Å². The van der Waals surface area contributed by atoms with Crippen molar-refractivity contribution >= 4 is 0 Å². The largest absolute Gasteiger partial charge is 0.573 e. The van der Waals surface area contributed by atoms with Crippen LogP contribution in [-0.4, -0.2) is 67.5 Å². The van der Waals surface area contributed by atoms with Gasteiger partial charge >= 0.3 is 6.36 Å². The number of hydrogen-bond acceptors (Lipinski definition) is 8. The number of alkyl halides is 3. The molecule has 0 spiro atoms. The molecule has 0 bridgehead atoms. The molecule has 3 rings (SSSR count). The number of rotatable bonds is 6. The van der Waals surface area contributed by atoms with Gasteiger partial charge in [-0.25, -0.2) is 0 Å². The van der Waals surface area contributed by atoms with Crippen molar-refractivity contribution in [3.63, 3.8) is 0 Å². The molecule has 11 heteroatoms. The van der Waals surface area contributed by atoms with Gasteiger partial charge in [0.25, 0.3) is 0 Å². The SMILES string of the molecule is C[C@H](O)[C@H]1O[C@](O)(c2cc(CO)ccc2Cc2ccc(OC(F)(F)F)cc2)[C@H](O)[C@@H](O)[C@@H]1O. The Morgan fingerprint density at radius 2 is 1.64 bits per heavy atom. The highest BCUT2D eigenvalue weighted by atomic mass is 19.4. The second-order valence-electron chi connectivity index (χ2n) is 7.96. The van der Waals surface area contributed by atoms with Crippen molar-refractivity contribution < 1.29 is 53.3 Å². The van der Waals surface area contributed by atoms with Crippen LogP contribution in [0.5, 0.6) is 5.75 Å². The summed E-state index contributed by atoms with van der Waals surface area (Å²) in [5.41, 5.74) is 1.16. The molecule has 0 saturated carbocycles. The fourth-order valence-corrected chi connectivity index (χ4v) is 3.80. The van der Waals surface area contributed by atoms with E-state index in [0.717, 1.165) is 12.1 Å². The number of hydrogen-bond donors (Lipinski definition) is 6. The minimum atomic E-state index is -4.83. The lowest BCUT2D eigenvalue weighted by atomic mass is 9.83. The highest BCUT2D eigenvalue weighted by molar-refractivity contribution is 5.40. The Morgan fingerprint density at radius 3 is 2.18 bits per heavy atom. The molecular formula is C22H25F3O8. The minimum Gasteiger partial charge on any atom is -0.406 e. The molecule has 6 N–H and O–H groups in total. The van der Waals surface area contributed by atoms with E-state index in [-0.39, 0.29) is 12.0 Å². The van der Waals surface area contributed by atoms with Crippen molar-refractivity contribution in [3.05, 3.63) is 64.7 Å². The predicted octanol–water partition coefficient (Wildman–Crippen LogP) is 0.676. The first-order chi connectivity index (χ1) is 15.4. The smallest absolute Gasteiger partial charge is 0.406 e. The summed E-state index contributed by atoms with van der Waals surface area (Å²) >= 11 is 0. The second-order valence-corrected chi connectivity index (χ2v) is 7.96. The van der Waals surface area contributed by atoms with Gasteiger partial charge in [-0.3, -0.25) is 0 Å². The number of aliphatic hydroxyl groups is 6. The van der Waals surface area contributed by atoms with Gasteiger partial charge < -0.3 is 40.1 Å². The summed E-state index contributed by atoms with van der Waals surface area (Å²) in [5.74, 6) is -2.98. The highest BCUT2D eigenvalue weighted by Crippen LogP contribution is 2.40. The van der Waals surface area contributed by atoms with E-state index in [4.69, 9.17) is 4.74 Å². The maximum absolute atomic E-state index is 12.4. The fraction of sp³-hybridized carbons (Fsp3) is 0.455. The Hall–Kier alpha value is -2.25. The van der Waals surface area contributed by atoms with Crippen LogP contribution in [-0.2, 0) is 23.6 Å². The molecule has 0 amide bonds. The van der Waals surface area contributed by atoms with Gasteiger partial charge in [0.05, 0.1) is 12.7 Å². The first kappa shape index (κ1) is 25.4. The van der Waals surface area contributed by atoms with Crippen LogP contribution in [0.2, 0.25) is 0 Å². The summed E-state index contributed by atoms with van der Waals surface area (Å²) < 4.78 is 46.5. The second kappa shape index (κ2) is 9.55. The van der Waals surface area contributed by atoms with Gasteiger partial charge in [0.2, 0.25) is 5.79 Å². The van der Waals surface area contributed by atoms with Crippen LogP contribution in [0.4, 0.5) is 13.2 Å². The molecule has 1 aliphatic heterocycles. The topological polar surface area (TPSA) is 140 Å². The van der Waals surface area contributed by atoms with Crippen LogP contribution in [0.1, 0.15) is 29.2 Å². The van der Waals surface area contributed by atoms with Crippen LogP contribution >= 0.6 is 0 Å². The Bertz CT molecular complexity index is 950. The van der Waals surface area contributed by atoms with Crippen LogP contribution in [0.15, 0.2) is 42.5 Å². The number of aliphatic hydroxyl groups excluding tert-OH is 5. The number of ether oxygens (including phenoxy) is 2. The van der Waals surface area contributed by atoms with Crippen molar-refractivity contribution in [2.45, 2.75) is 62.6 Å². The van der Waals surface area contributed by atoms with Gasteiger partial charge in [-0.15, -0.1) is 13.2 Å². The average Bonchev–Trinajstić information content (AvgIpc) is 2.75. The van der Waals surface area contributed by atoms with Crippen molar-refractivity contribution in [3.8, 4) is 5.75 Å². The van der Waals surface area contributed by atoms with Crippen molar-refractivity contribution in [1.29, 1.82) is 0 Å². The summed E-state index contributed by atoms with van der Waals surface area (Å²) in [7, 11) is 0. The summed E-state index contributed by atoms with van der Waals surface area (Å²) in [6.07, 6.45) is -13.1. The molecule has 182 valence electrons. The molecule has 2 aromatic carbocycles. The number of benzene rings is 2. The Labute approximate surface area is 187 Å². The maximum atomic E-state index is 12.4. The molecule has 1 heterocycles. The lowest BCUT2D eigenvalue weighted by Gasteiger charge is -2.47. The van der Waals surface area contributed by atoms with E-state index in [1.165, 1.54) is 37.3 Å². The van der Waals surface area contributed by atoms with E-state index < -0.39 is 55.0 Å². The van der Waals surface area contributed by atoms with E-state index in [1.54, 1.807) is 0 Å². The first-order valence-electron chi connectivity index (χ1n) is 10.1. The lowest BCUT2D eigenvalue weighted by Crippen LogP contribution is -2.65. The monoisotopic (exact) mass is 474 g/mol. The molecule has 0 radical (unpaired) electrons. The number of halogens is 3. The summed E-state index contributed by atoms with van der Waals surface area (Å²) in [6.45, 7) is 0.850. The molecular weight excluding hydrogens is 449 g/mol. The van der Waals surface area contributed by atoms with E-state index in [0.29, 0.717) is 16.7 Å². The Morgan fingerprint density at radius 1 is 1.03 bits per heavy atom. The van der Waals surface area contributed by atoms with Crippen LogP contribution in [0, 0.1) is 0 Å². The van der Waals surface area contributed by atoms with Gasteiger partial charge in [-0.2, -0.15) is 0 Å². The summed E-state index contributed by atoms with van der Waals surface area (Å²) in [5, 5.41) is 61.7. The van der Waals surface area contributed by atoms with Crippen LogP contribution in [0.3, 0.4) is 0 Å². The zero-order valence-electron chi connectivity index (χ0n) is 17.5. The highest BCUT2D eigenvalue weighted by Gasteiger charge is 2.55. The van der Waals surface area contributed by atoms with Crippen molar-refractivity contribution in [2.75, 3.05) is 0 Å². The minimum absolute atomic E-state index is 0.0474. The van der Waals surface area contributed by atoms with Gasteiger partial charge in [-0.1, -0.05) is 24.3 Å². The third-order valence-corrected chi connectivity index (χ3v) is 5.50. The lowest BCUT2D eigenvalue weighted by molar-refractivity contribution is -0.364. The quantitative estimate of drug-likeness (QED) is 0.359. The average molecular weight is 474 g/mol. The standard InChI is InChI=1S/C22H25F3O8/c1-11(27)19-17(28)18(29)20(30)21(31,33-19)16-9-13(10-26)2-5-14(16)8-12-3-6-15(7-4-12)32-22(23,24)25/h2-7,9,11,17-20,26-31H,8,10H2,1H3/t11-,17-,18-,19+,20+,21+/m0/s1. The van der Waals surface area contributed by atoms with E-state index >= 15 is 0 Å². The Kier molecular flexibility index (Phi) is 7.34. The van der Waals surface area contributed by atoms with Gasteiger partial charge in [0.1, 0.15) is 30.2 Å². The summed E-state index contributed by atoms with van der Waals surface area (Å²) in [6, 6.07) is 9.39. The molecule has 2 aromatic rings. The fourth-order valence-electron chi connectivity index (χ4n) is 3.80.